The molecule has 0 aliphatic heterocycles. The lowest BCUT2D eigenvalue weighted by molar-refractivity contribution is -0.841. The van der Waals surface area contributed by atoms with Gasteiger partial charge in [-0.3, -0.25) is 0 Å². The zero-order chi connectivity index (χ0) is 27.6. The average molecular weight is 569 g/mol. The summed E-state index contributed by atoms with van der Waals surface area (Å²) >= 11 is 0. The van der Waals surface area contributed by atoms with E-state index in [1.807, 2.05) is 0 Å². The predicted molar refractivity (Wildman–Crippen MR) is 161 cm³/mol. The molecule has 18 rings (SSSR count). The molecule has 18 aliphatic carbocycles. The molecule has 0 aromatic rings. The van der Waals surface area contributed by atoms with Crippen molar-refractivity contribution in [1.82, 2.24) is 0 Å². The molecule has 28 atom stereocenters. The minimum atomic E-state index is 0.670. The van der Waals surface area contributed by atoms with Crippen LogP contribution in [0.15, 0.2) is 0 Å². The highest BCUT2D eigenvalue weighted by Crippen LogP contribution is 3.31. The van der Waals surface area contributed by atoms with Crippen LogP contribution in [0.5, 0.6) is 0 Å². The van der Waals surface area contributed by atoms with Crippen LogP contribution in [0.1, 0.15) is 99.3 Å². The number of rotatable bonds is 5. The van der Waals surface area contributed by atoms with Crippen LogP contribution in [0, 0.1) is 160 Å². The van der Waals surface area contributed by atoms with Crippen molar-refractivity contribution >= 4 is 0 Å². The van der Waals surface area contributed by atoms with Gasteiger partial charge in [0.15, 0.2) is 0 Å². The lowest BCUT2D eigenvalue weighted by atomic mass is 8.73. The smallest absolute Gasteiger partial charge is 0.00299 e. The van der Waals surface area contributed by atoms with Gasteiger partial charge in [0.05, 0.1) is 0 Å². The summed E-state index contributed by atoms with van der Waals surface area (Å²) in [5.74, 6) is 19.6. The summed E-state index contributed by atoms with van der Waals surface area (Å²) < 4.78 is 0. The molecule has 0 bridgehead atoms. The van der Waals surface area contributed by atoms with E-state index in [0.29, 0.717) is 16.2 Å². The Morgan fingerprint density at radius 3 is 2.07 bits per heavy atom. The van der Waals surface area contributed by atoms with Crippen molar-refractivity contribution in [3.8, 4) is 0 Å². The molecule has 0 saturated heterocycles. The van der Waals surface area contributed by atoms with E-state index in [4.69, 9.17) is 0 Å². The lowest BCUT2D eigenvalue weighted by Gasteiger charge is -3.30. The van der Waals surface area contributed by atoms with Crippen molar-refractivity contribution in [2.45, 2.75) is 99.3 Å². The van der Waals surface area contributed by atoms with Crippen LogP contribution in [0.3, 0.4) is 0 Å². The second kappa shape index (κ2) is 4.24. The van der Waals surface area contributed by atoms with E-state index in [1.54, 1.807) is 51.4 Å². The Morgan fingerprint density at radius 2 is 1.33 bits per heavy atom. The first-order chi connectivity index (χ1) is 20.7. The molecule has 0 heteroatoms. The largest absolute Gasteiger partial charge is 0.0654 e. The Balaban J connectivity index is 0.775. The molecule has 18 fully saturated rings. The van der Waals surface area contributed by atoms with Crippen LogP contribution in [-0.4, -0.2) is 0 Å². The van der Waals surface area contributed by atoms with Crippen molar-refractivity contribution in [3.63, 3.8) is 0 Å². The van der Waals surface area contributed by atoms with Gasteiger partial charge < -0.3 is 0 Å². The van der Waals surface area contributed by atoms with Crippen LogP contribution < -0.4 is 0 Å². The van der Waals surface area contributed by atoms with Crippen molar-refractivity contribution in [2.24, 2.45) is 160 Å². The van der Waals surface area contributed by atoms with Gasteiger partial charge in [-0.1, -0.05) is 48.0 Å². The zero-order valence-electron chi connectivity index (χ0n) is 27.6. The highest BCUT2D eigenvalue weighted by molar-refractivity contribution is 5.74. The zero-order valence-corrected chi connectivity index (χ0v) is 27.6. The highest BCUT2D eigenvalue weighted by atomic mass is 15.3. The van der Waals surface area contributed by atoms with Crippen molar-refractivity contribution in [2.75, 3.05) is 0 Å². The molecule has 0 radical (unpaired) electrons. The van der Waals surface area contributed by atoms with Gasteiger partial charge in [-0.15, -0.1) is 0 Å². The lowest BCUT2D eigenvalue weighted by Crippen LogP contribution is -3.27. The molecule has 0 N–H and O–H groups in total. The van der Waals surface area contributed by atoms with E-state index in [0.717, 1.165) is 72.4 Å². The van der Waals surface area contributed by atoms with Crippen LogP contribution in [-0.2, 0) is 0 Å². The molecule has 26 unspecified atom stereocenters. The Bertz CT molecular complexity index is 1810. The highest BCUT2D eigenvalue weighted by Gasteiger charge is 3.28. The van der Waals surface area contributed by atoms with Gasteiger partial charge in [0.2, 0.25) is 0 Å². The quantitative estimate of drug-likeness (QED) is 0.312. The summed E-state index contributed by atoms with van der Waals surface area (Å²) in [5.41, 5.74) is 10.3. The minimum absolute atomic E-state index is 0.670. The summed E-state index contributed by atoms with van der Waals surface area (Å²) in [5, 5.41) is 0. The molecule has 224 valence electrons. The van der Waals surface area contributed by atoms with Gasteiger partial charge in [-0.05, 0) is 211 Å². The maximum atomic E-state index is 2.98. The van der Waals surface area contributed by atoms with Gasteiger partial charge in [0.25, 0.3) is 0 Å². The van der Waals surface area contributed by atoms with Gasteiger partial charge in [-0.25, -0.2) is 0 Å². The molecule has 18 saturated carbocycles. The maximum Gasteiger partial charge on any atom is -0.00299 e. The summed E-state index contributed by atoms with van der Waals surface area (Å²) in [6.45, 7) is 16.9. The Morgan fingerprint density at radius 1 is 0.628 bits per heavy atom. The van der Waals surface area contributed by atoms with Gasteiger partial charge in [0, 0.05) is 0 Å². The second-order valence-electron chi connectivity index (χ2n) is 23.8. The van der Waals surface area contributed by atoms with E-state index in [9.17, 15) is 0 Å². The molecule has 0 aromatic heterocycles. The third-order valence-corrected chi connectivity index (χ3v) is 28.8. The summed E-state index contributed by atoms with van der Waals surface area (Å²) in [7, 11) is 0. The molecule has 43 heavy (non-hydrogen) atoms. The number of fused-ring (bicyclic) bond motifs is 10. The van der Waals surface area contributed by atoms with E-state index >= 15 is 0 Å². The van der Waals surface area contributed by atoms with Crippen molar-refractivity contribution < 1.29 is 0 Å². The fraction of sp³-hybridized carbons (Fsp3) is 1.00. The summed E-state index contributed by atoms with van der Waals surface area (Å²) in [6, 6.07) is 0. The van der Waals surface area contributed by atoms with Gasteiger partial charge in [-0.2, -0.15) is 0 Å². The summed E-state index contributed by atoms with van der Waals surface area (Å²) in [4.78, 5) is 0. The molecule has 0 nitrogen and oxygen atoms in total. The normalized spacial score (nSPS) is 98.1. The van der Waals surface area contributed by atoms with Crippen LogP contribution >= 0.6 is 0 Å². The second-order valence-corrected chi connectivity index (χ2v) is 23.8. The van der Waals surface area contributed by atoms with Crippen LogP contribution in [0.4, 0.5) is 0 Å². The number of hydrogen-bond donors (Lipinski definition) is 0. The molecule has 0 amide bonds. The third kappa shape index (κ3) is 0.833. The molecule has 0 aromatic carbocycles. The molecule has 18 aliphatic rings. The Labute approximate surface area is 258 Å². The first-order valence-corrected chi connectivity index (χ1v) is 20.7. The Kier molecular flexibility index (Phi) is 2.08. The van der Waals surface area contributed by atoms with Crippen molar-refractivity contribution in [3.05, 3.63) is 0 Å². The summed E-state index contributed by atoms with van der Waals surface area (Å²) in [6.07, 6.45) is 15.1. The number of hydrogen-bond acceptors (Lipinski definition) is 0. The topological polar surface area (TPSA) is 0 Å². The first-order valence-electron chi connectivity index (χ1n) is 20.7. The monoisotopic (exact) mass is 568 g/mol. The molecular weight excluding hydrogens is 516 g/mol. The minimum Gasteiger partial charge on any atom is -0.0654 e. The molecule has 7 spiro atoms. The third-order valence-electron chi connectivity index (χ3n) is 28.8. The van der Waals surface area contributed by atoms with E-state index in [2.05, 4.69) is 41.5 Å². The Hall–Kier alpha value is 0. The first kappa shape index (κ1) is 21.1. The standard InChI is InChI=1S/C43H52/c1-7-9-35-15-25-17(3)33(5)34(6)32(4)16(2)20-14-26-36(35,43(34,39(20,26)32)42(25,33)35)10-8-19-21-13-24-29-28-22-11-18-12-23-30-31-27(19)38(21,24)41(29,31)40(28,30)37(18,22)23/h16-31H,7-15H2,1-6H3/t16-,17+,18?,19?,20?,21?,22?,23?,24?,25?,26?,27?,28?,29?,30?,31?,32?,33?,34?,35?,36?,37?,38?,39?,40?,41?,42?,43?/m0/s1. The van der Waals surface area contributed by atoms with E-state index < -0.39 is 0 Å². The average Bonchev–Trinajstić information content (AvgIpc) is 2.92. The van der Waals surface area contributed by atoms with E-state index in [1.165, 1.54) is 77.4 Å². The maximum absolute atomic E-state index is 2.98. The SMILES string of the molecule is CCCC12CC3[C@@H](C)C4(C)C5(C)C6(C)[C@@H](C)C7CC8C1(CCC1C9CC%10C%11C%12C%13CC%14CC%15C%16C%17C1C9%10C%11%17C%12%16C%14%13%15)C5(C786)C324. The fourth-order valence-electron chi connectivity index (χ4n) is 31.5. The van der Waals surface area contributed by atoms with E-state index in [-0.39, 0.29) is 0 Å². The fourth-order valence-corrected chi connectivity index (χ4v) is 31.5. The van der Waals surface area contributed by atoms with Crippen LogP contribution in [0.2, 0.25) is 0 Å². The van der Waals surface area contributed by atoms with Gasteiger partial charge in [0.1, 0.15) is 0 Å². The molecule has 0 heterocycles. The molecular formula is C43H52. The predicted octanol–water partition coefficient (Wildman–Crippen LogP) is 8.56. The van der Waals surface area contributed by atoms with Crippen molar-refractivity contribution in [1.29, 1.82) is 0 Å². The van der Waals surface area contributed by atoms with Crippen LogP contribution in [0.25, 0.3) is 0 Å². The van der Waals surface area contributed by atoms with Gasteiger partial charge >= 0.3 is 0 Å².